The monoisotopic (exact) mass is 663 g/mol. The highest BCUT2D eigenvalue weighted by Gasteiger charge is 2.54. The molecule has 9 nitrogen and oxygen atoms in total. The van der Waals surface area contributed by atoms with Crippen LogP contribution in [0.2, 0.25) is 0 Å². The van der Waals surface area contributed by atoms with Gasteiger partial charge in [0.1, 0.15) is 24.4 Å². The molecule has 0 aliphatic rings. The largest absolute Gasteiger partial charge is 0.508 e. The summed E-state index contributed by atoms with van der Waals surface area (Å²) in [4.78, 5) is 24.6. The van der Waals surface area contributed by atoms with Gasteiger partial charge in [-0.1, -0.05) is 87.1 Å². The zero-order valence-corrected chi connectivity index (χ0v) is 25.9. The van der Waals surface area contributed by atoms with Gasteiger partial charge in [-0.15, -0.1) is 0 Å². The fourth-order valence-electron chi connectivity index (χ4n) is 4.77. The van der Waals surface area contributed by atoms with Crippen molar-refractivity contribution in [1.29, 1.82) is 0 Å². The summed E-state index contributed by atoms with van der Waals surface area (Å²) < 4.78 is 38.5. The molecule has 0 aromatic heterocycles. The molecular weight excluding hydrogens is 576 g/mol. The van der Waals surface area contributed by atoms with E-state index in [1.807, 2.05) is 83.1 Å². The maximum absolute atomic E-state index is 12.3. The summed E-state index contributed by atoms with van der Waals surface area (Å²) in [5, 5.41) is 0. The molecule has 2 unspecified atom stereocenters. The first-order chi connectivity index (χ1) is 16.7. The van der Waals surface area contributed by atoms with E-state index in [0.717, 1.165) is 12.8 Å². The minimum Gasteiger partial charge on any atom is -0.432 e. The number of hydrogen-bond acceptors (Lipinski definition) is 9. The van der Waals surface area contributed by atoms with Crippen LogP contribution in [-0.4, -0.2) is 75.4 Å². The zero-order chi connectivity index (χ0) is 29.3. The molecular formula is C36H86O9. The van der Waals surface area contributed by atoms with Crippen LogP contribution in [0.1, 0.15) is 155 Å². The van der Waals surface area contributed by atoms with E-state index >= 15 is 0 Å². The van der Waals surface area contributed by atoms with Crippen LogP contribution >= 0.6 is 0 Å². The van der Waals surface area contributed by atoms with E-state index < -0.39 is 45.5 Å². The van der Waals surface area contributed by atoms with Gasteiger partial charge in [0.15, 0.2) is 0 Å². The normalized spacial score (nSPS) is 13.5. The number of ether oxygens (including phenoxy) is 7. The molecule has 0 radical (unpaired) electrons. The van der Waals surface area contributed by atoms with Gasteiger partial charge >= 0.3 is 12.3 Å². The number of carbonyl (C=O) groups is 2. The molecule has 0 bridgehead atoms. The molecule has 0 aliphatic heterocycles. The highest BCUT2D eigenvalue weighted by atomic mass is 16.7. The van der Waals surface area contributed by atoms with Crippen LogP contribution in [0.25, 0.3) is 0 Å². The minimum atomic E-state index is -0.840. The van der Waals surface area contributed by atoms with E-state index in [4.69, 9.17) is 33.2 Å². The second-order valence-electron chi connectivity index (χ2n) is 11.8. The molecule has 0 spiro atoms. The average molecular weight is 663 g/mol. The molecule has 9 heteroatoms. The lowest BCUT2D eigenvalue weighted by Crippen LogP contribution is -2.57. The van der Waals surface area contributed by atoms with Gasteiger partial charge in [-0.2, -0.15) is 0 Å². The molecule has 0 fully saturated rings. The van der Waals surface area contributed by atoms with Gasteiger partial charge in [0.2, 0.25) is 0 Å². The predicted octanol–water partition coefficient (Wildman–Crippen LogP) is 11.6. The van der Waals surface area contributed by atoms with Gasteiger partial charge in [0, 0.05) is 25.0 Å². The molecule has 0 aliphatic carbocycles. The number of rotatable bonds is 16. The molecule has 45 heavy (non-hydrogen) atoms. The molecule has 0 heterocycles. The molecule has 0 aromatic rings. The molecule has 0 aromatic carbocycles. The van der Waals surface area contributed by atoms with Crippen LogP contribution < -0.4 is 0 Å². The molecule has 0 saturated heterocycles. The fourth-order valence-corrected chi connectivity index (χ4v) is 4.77. The lowest BCUT2D eigenvalue weighted by Gasteiger charge is -2.51. The van der Waals surface area contributed by atoms with Crippen molar-refractivity contribution in [2.75, 3.05) is 40.6 Å². The quantitative estimate of drug-likeness (QED) is 0.118. The summed E-state index contributed by atoms with van der Waals surface area (Å²) in [6, 6.07) is 0. The first-order valence-electron chi connectivity index (χ1n) is 13.1. The Labute approximate surface area is 284 Å². The Morgan fingerprint density at radius 2 is 0.689 bits per heavy atom. The van der Waals surface area contributed by atoms with Crippen LogP contribution in [0.5, 0.6) is 0 Å². The third-order valence-corrected chi connectivity index (χ3v) is 9.32. The van der Waals surface area contributed by atoms with Crippen molar-refractivity contribution in [3.8, 4) is 0 Å². The van der Waals surface area contributed by atoms with E-state index in [0.29, 0.717) is 0 Å². The smallest absolute Gasteiger partial charge is 0.432 e. The van der Waals surface area contributed by atoms with E-state index in [1.165, 1.54) is 0 Å². The summed E-state index contributed by atoms with van der Waals surface area (Å²) >= 11 is 0. The molecule has 0 amide bonds. The Bertz CT molecular complexity index is 672. The Hall–Kier alpha value is -1.58. The maximum Gasteiger partial charge on any atom is 0.508 e. The number of methoxy groups -OCH3 is 2. The van der Waals surface area contributed by atoms with Gasteiger partial charge in [0.25, 0.3) is 0 Å². The highest BCUT2D eigenvalue weighted by molar-refractivity contribution is 5.61. The van der Waals surface area contributed by atoms with Crippen molar-refractivity contribution in [3.05, 3.63) is 0 Å². The van der Waals surface area contributed by atoms with Gasteiger partial charge in [-0.05, 0) is 68.2 Å². The summed E-state index contributed by atoms with van der Waals surface area (Å²) in [6.07, 6.45) is -0.0856. The second-order valence-corrected chi connectivity index (χ2v) is 11.8. The summed E-state index contributed by atoms with van der Waals surface area (Å²) in [5.74, 6) is 0. The Morgan fingerprint density at radius 3 is 0.889 bits per heavy atom. The third-order valence-electron chi connectivity index (χ3n) is 9.32. The lowest BCUT2D eigenvalue weighted by molar-refractivity contribution is -0.182. The molecule has 0 N–H and O–H groups in total. The van der Waals surface area contributed by atoms with E-state index in [1.54, 1.807) is 14.2 Å². The zero-order valence-electron chi connectivity index (χ0n) is 25.9. The van der Waals surface area contributed by atoms with Crippen molar-refractivity contribution in [2.24, 2.45) is 10.8 Å². The lowest BCUT2D eigenvalue weighted by atomic mass is 9.63. The van der Waals surface area contributed by atoms with Gasteiger partial charge in [-0.25, -0.2) is 9.59 Å². The first-order valence-corrected chi connectivity index (χ1v) is 13.1. The topological polar surface area (TPSA) is 98.8 Å². The Kier molecular flexibility index (Phi) is 37.4. The van der Waals surface area contributed by atoms with Crippen LogP contribution in [0.4, 0.5) is 9.59 Å². The SMILES string of the molecule is C.C.C.C.C.C.C.C.CCC(C)(C(C)(C)OC)C(C)(C)OC(=O)OCCOCCOC(=O)OC(C)(C)C(C)(CC)C(C)(C)OC. The fraction of sp³-hybridized carbons (Fsp3) is 0.944. The van der Waals surface area contributed by atoms with E-state index in [2.05, 4.69) is 0 Å². The highest BCUT2D eigenvalue weighted by Crippen LogP contribution is 2.48. The van der Waals surface area contributed by atoms with Crippen LogP contribution in [0, 0.1) is 10.8 Å². The molecule has 0 saturated carbocycles. The van der Waals surface area contributed by atoms with Crippen molar-refractivity contribution >= 4 is 12.3 Å². The third kappa shape index (κ3) is 15.7. The number of hydrogen-bond donors (Lipinski definition) is 0. The Morgan fingerprint density at radius 1 is 0.444 bits per heavy atom. The standard InChI is InChI=1S/C28H54O9.8CH4/c1-15-27(11,23(3,4)31-13)25(7,8)36-21(29)34-19-17-33-18-20-35-22(30)37-26(9,10)28(12,16-2)24(5,6)32-14;;;;;;;;/h15-20H2,1-14H3;8*1H4. The van der Waals surface area contributed by atoms with Crippen molar-refractivity contribution in [3.63, 3.8) is 0 Å². The molecule has 284 valence electrons. The first kappa shape index (κ1) is 65.9. The number of carbonyl (C=O) groups excluding carboxylic acids is 2. The molecule has 2 atom stereocenters. The summed E-state index contributed by atoms with van der Waals surface area (Å²) in [6.45, 7) is 23.7. The second kappa shape index (κ2) is 25.5. The van der Waals surface area contributed by atoms with Gasteiger partial charge in [0.05, 0.1) is 24.4 Å². The van der Waals surface area contributed by atoms with E-state index in [9.17, 15) is 9.59 Å². The summed E-state index contributed by atoms with van der Waals surface area (Å²) in [7, 11) is 3.29. The molecule has 0 rings (SSSR count). The van der Waals surface area contributed by atoms with Crippen LogP contribution in [0.15, 0.2) is 0 Å². The van der Waals surface area contributed by atoms with Gasteiger partial charge < -0.3 is 33.2 Å². The average Bonchev–Trinajstić information content (AvgIpc) is 2.80. The van der Waals surface area contributed by atoms with Crippen LogP contribution in [-0.2, 0) is 33.2 Å². The predicted molar refractivity (Wildman–Crippen MR) is 197 cm³/mol. The van der Waals surface area contributed by atoms with Crippen molar-refractivity contribution < 1.29 is 42.7 Å². The van der Waals surface area contributed by atoms with E-state index in [-0.39, 0.29) is 85.8 Å². The van der Waals surface area contributed by atoms with Crippen molar-refractivity contribution in [2.45, 2.75) is 178 Å². The maximum atomic E-state index is 12.3. The Balaban J connectivity index is -0.000000231. The van der Waals surface area contributed by atoms with Crippen molar-refractivity contribution in [1.82, 2.24) is 0 Å². The summed E-state index contributed by atoms with van der Waals surface area (Å²) in [5.41, 5.74) is -3.65. The minimum absolute atomic E-state index is 0. The van der Waals surface area contributed by atoms with Crippen LogP contribution in [0.3, 0.4) is 0 Å². The van der Waals surface area contributed by atoms with Gasteiger partial charge in [-0.3, -0.25) is 0 Å².